The summed E-state index contributed by atoms with van der Waals surface area (Å²) in [6, 6.07) is 10.3. The van der Waals surface area contributed by atoms with Crippen LogP contribution in [0.25, 0.3) is 5.57 Å². The van der Waals surface area contributed by atoms with Crippen molar-refractivity contribution in [2.24, 2.45) is 0 Å². The molecule has 0 aliphatic rings. The lowest BCUT2D eigenvalue weighted by Crippen LogP contribution is -2.22. The molecule has 0 fully saturated rings. The Bertz CT molecular complexity index is 1280. The molecule has 0 bridgehead atoms. The van der Waals surface area contributed by atoms with Gasteiger partial charge in [0.15, 0.2) is 0 Å². The summed E-state index contributed by atoms with van der Waals surface area (Å²) < 4.78 is 113. The lowest BCUT2D eigenvalue weighted by Gasteiger charge is -2.12. The van der Waals surface area contributed by atoms with Gasteiger partial charge in [-0.25, -0.2) is 4.79 Å². The number of alkyl halides is 6. The summed E-state index contributed by atoms with van der Waals surface area (Å²) in [4.78, 5) is 32.3. The number of halogens is 6. The van der Waals surface area contributed by atoms with Gasteiger partial charge in [-0.15, -0.1) is 0 Å². The number of rotatable bonds is 9. The number of benzene rings is 2. The highest BCUT2D eigenvalue weighted by Crippen LogP contribution is 2.45. The number of ketones is 1. The van der Waals surface area contributed by atoms with Crippen molar-refractivity contribution >= 4 is 30.9 Å². The van der Waals surface area contributed by atoms with Gasteiger partial charge in [0.2, 0.25) is 0 Å². The van der Waals surface area contributed by atoms with E-state index in [0.717, 1.165) is 19.2 Å². The molecule has 0 saturated carbocycles. The predicted octanol–water partition coefficient (Wildman–Crippen LogP) is 5.90. The minimum absolute atomic E-state index is 0.160. The molecule has 43 heavy (non-hydrogen) atoms. The van der Waals surface area contributed by atoms with Crippen molar-refractivity contribution in [2.45, 2.75) is 12.4 Å². The third kappa shape index (κ3) is 14.2. The Hall–Kier alpha value is -3.88. The zero-order valence-corrected chi connectivity index (χ0v) is 24.6. The van der Waals surface area contributed by atoms with Crippen LogP contribution in [0.2, 0.25) is 0 Å². The van der Waals surface area contributed by atoms with Crippen molar-refractivity contribution in [2.75, 3.05) is 48.8 Å². The number of allylic oxidation sites excluding steroid dienone is 1. The number of hydrogen-bond donors (Lipinski definition) is 0. The van der Waals surface area contributed by atoms with Crippen molar-refractivity contribution in [3.63, 3.8) is 0 Å². The highest BCUT2D eigenvalue weighted by atomic mass is 31.2. The fourth-order valence-corrected chi connectivity index (χ4v) is 3.50. The highest BCUT2D eigenvalue weighted by molar-refractivity contribution is 7.54. The third-order valence-corrected chi connectivity index (χ3v) is 6.60. The first-order chi connectivity index (χ1) is 19.9. The van der Waals surface area contributed by atoms with Gasteiger partial charge in [-0.1, -0.05) is 24.3 Å². The van der Waals surface area contributed by atoms with Crippen molar-refractivity contribution in [3.8, 4) is 11.5 Å². The standard InChI is InChI=1S/C12H11F3O3.C9H7F3O2.C5H11O5P/c1-17-9-5-3-4-8(6-9)10(12(13,14)15)7-11(16)18-2;1-14-7-4-2-3-6(5-7)8(13)9(10,11)12;1-8-5(6)4-11(7,9-2)10-3/h3-7H,1-2H3;2-5H,1H3;4H2,1-3H3/b10-7-;;. The fraction of sp³-hybridized carbons (Fsp3) is 0.346. The number of methoxy groups -OCH3 is 4. The maximum Gasteiger partial charge on any atom is 0.454 e. The molecule has 10 nitrogen and oxygen atoms in total. The van der Waals surface area contributed by atoms with Crippen LogP contribution >= 0.6 is 7.60 Å². The van der Waals surface area contributed by atoms with Crippen LogP contribution in [-0.4, -0.2) is 78.9 Å². The van der Waals surface area contributed by atoms with Gasteiger partial charge in [0.25, 0.3) is 5.78 Å². The number of Topliss-reactive ketones (excluding diaryl/α,β-unsaturated/α-hetero) is 1. The minimum atomic E-state index is -4.84. The quantitative estimate of drug-likeness (QED) is 0.107. The van der Waals surface area contributed by atoms with Gasteiger partial charge >= 0.3 is 31.9 Å². The van der Waals surface area contributed by atoms with Crippen LogP contribution in [0.1, 0.15) is 15.9 Å². The van der Waals surface area contributed by atoms with E-state index >= 15 is 0 Å². The van der Waals surface area contributed by atoms with Gasteiger partial charge in [0.05, 0.1) is 34.0 Å². The molecule has 0 spiro atoms. The second kappa shape index (κ2) is 17.9. The Kier molecular flexibility index (Phi) is 16.3. The molecule has 0 unspecified atom stereocenters. The Balaban J connectivity index is 0.000000636. The normalized spacial score (nSPS) is 11.6. The average molecular weight is 646 g/mol. The summed E-state index contributed by atoms with van der Waals surface area (Å²) in [5, 5.41) is 0. The van der Waals surface area contributed by atoms with E-state index < -0.39 is 48.8 Å². The SMILES string of the molecule is COC(=O)/C=C(/c1cccc(OC)c1)C(F)(F)F.COC(=O)CP(=O)(OC)OC.COc1cccc(C(=O)C(F)(F)F)c1. The minimum Gasteiger partial charge on any atom is -0.497 e. The average Bonchev–Trinajstić information content (AvgIpc) is 2.98. The van der Waals surface area contributed by atoms with Crippen LogP contribution < -0.4 is 9.47 Å². The van der Waals surface area contributed by atoms with E-state index in [9.17, 15) is 45.3 Å². The van der Waals surface area contributed by atoms with E-state index in [1.54, 1.807) is 0 Å². The first-order valence-electron chi connectivity index (χ1n) is 11.4. The number of ether oxygens (including phenoxy) is 4. The molecule has 2 aromatic carbocycles. The zero-order valence-electron chi connectivity index (χ0n) is 23.7. The number of esters is 2. The number of hydrogen-bond acceptors (Lipinski definition) is 10. The Morgan fingerprint density at radius 2 is 1.19 bits per heavy atom. The van der Waals surface area contributed by atoms with Crippen molar-refractivity contribution in [1.29, 1.82) is 0 Å². The Morgan fingerprint density at radius 1 is 0.721 bits per heavy atom. The molecule has 0 radical (unpaired) electrons. The van der Waals surface area contributed by atoms with E-state index in [2.05, 4.69) is 18.5 Å². The van der Waals surface area contributed by atoms with Crippen molar-refractivity contribution in [3.05, 3.63) is 65.7 Å². The largest absolute Gasteiger partial charge is 0.497 e. The summed E-state index contributed by atoms with van der Waals surface area (Å²) in [6.45, 7) is 0. The van der Waals surface area contributed by atoms with Crippen molar-refractivity contribution < 1.29 is 73.3 Å². The number of carbonyl (C=O) groups is 3. The monoisotopic (exact) mass is 646 g/mol. The molecular formula is C26H29F6O10P. The van der Waals surface area contributed by atoms with Crippen LogP contribution in [0.15, 0.2) is 54.6 Å². The van der Waals surface area contributed by atoms with Crippen LogP contribution in [0.5, 0.6) is 11.5 Å². The number of carbonyl (C=O) groups excluding carboxylic acids is 3. The second-order valence-corrected chi connectivity index (χ2v) is 9.85. The van der Waals surface area contributed by atoms with Crippen LogP contribution in [0, 0.1) is 0 Å². The van der Waals surface area contributed by atoms with Gasteiger partial charge in [-0.05, 0) is 29.8 Å². The molecule has 0 atom stereocenters. The van der Waals surface area contributed by atoms with Crippen LogP contribution in [-0.2, 0) is 32.7 Å². The van der Waals surface area contributed by atoms with E-state index in [1.807, 2.05) is 0 Å². The third-order valence-electron chi connectivity index (χ3n) is 4.85. The van der Waals surface area contributed by atoms with Gasteiger partial charge in [-0.3, -0.25) is 14.2 Å². The van der Waals surface area contributed by atoms with E-state index in [-0.39, 0.29) is 23.2 Å². The van der Waals surface area contributed by atoms with Gasteiger partial charge in [0.1, 0.15) is 17.7 Å². The zero-order chi connectivity index (χ0) is 33.4. The molecule has 0 aromatic heterocycles. The van der Waals surface area contributed by atoms with Crippen molar-refractivity contribution in [1.82, 2.24) is 0 Å². The fourth-order valence-electron chi connectivity index (χ4n) is 2.65. The lowest BCUT2D eigenvalue weighted by molar-refractivity contribution is -0.138. The van der Waals surface area contributed by atoms with Gasteiger partial charge in [-0.2, -0.15) is 26.3 Å². The summed E-state index contributed by atoms with van der Waals surface area (Å²) in [5.74, 6) is -3.05. The summed E-state index contributed by atoms with van der Waals surface area (Å²) in [6.07, 6.45) is -9.43. The van der Waals surface area contributed by atoms with Gasteiger partial charge < -0.3 is 28.0 Å². The predicted molar refractivity (Wildman–Crippen MR) is 141 cm³/mol. The van der Waals surface area contributed by atoms with Crippen LogP contribution in [0.3, 0.4) is 0 Å². The second-order valence-electron chi connectivity index (χ2n) is 7.58. The van der Waals surface area contributed by atoms with E-state index in [1.165, 1.54) is 71.9 Å². The molecule has 0 heterocycles. The molecule has 240 valence electrons. The van der Waals surface area contributed by atoms with E-state index in [4.69, 9.17) is 9.47 Å². The molecular weight excluding hydrogens is 617 g/mol. The van der Waals surface area contributed by atoms with Gasteiger partial charge in [0, 0.05) is 25.9 Å². The summed E-state index contributed by atoms with van der Waals surface area (Å²) in [7, 11) is 4.08. The summed E-state index contributed by atoms with van der Waals surface area (Å²) >= 11 is 0. The first kappa shape index (κ1) is 39.1. The molecule has 0 saturated heterocycles. The van der Waals surface area contributed by atoms with E-state index in [0.29, 0.717) is 6.08 Å². The lowest BCUT2D eigenvalue weighted by atomic mass is 10.0. The maximum absolute atomic E-state index is 12.8. The maximum atomic E-state index is 12.8. The Morgan fingerprint density at radius 3 is 1.56 bits per heavy atom. The van der Waals surface area contributed by atoms with Crippen LogP contribution in [0.4, 0.5) is 26.3 Å². The smallest absolute Gasteiger partial charge is 0.454 e. The highest BCUT2D eigenvalue weighted by Gasteiger charge is 2.39. The Labute approximate surface area is 243 Å². The molecule has 2 rings (SSSR count). The first-order valence-corrected chi connectivity index (χ1v) is 13.2. The topological polar surface area (TPSA) is 124 Å². The molecule has 0 aliphatic carbocycles. The molecule has 0 N–H and O–H groups in total. The molecule has 17 heteroatoms. The molecule has 2 aromatic rings. The summed E-state index contributed by atoms with van der Waals surface area (Å²) in [5.41, 5.74) is -1.66. The molecule has 0 aliphatic heterocycles. The molecule has 0 amide bonds.